The first-order valence-corrected chi connectivity index (χ1v) is 5.80. The molecule has 2 aromatic rings. The van der Waals surface area contributed by atoms with Crippen molar-refractivity contribution in [3.8, 4) is 11.6 Å². The fraction of sp³-hybridized carbons (Fsp3) is 0.154. The molecule has 0 fully saturated rings. The van der Waals surface area contributed by atoms with Gasteiger partial charge in [0.25, 0.3) is 0 Å². The van der Waals surface area contributed by atoms with E-state index >= 15 is 0 Å². The number of nitro groups is 1. The van der Waals surface area contributed by atoms with Crippen LogP contribution in [0.4, 0.5) is 10.1 Å². The van der Waals surface area contributed by atoms with Crippen LogP contribution in [0.15, 0.2) is 36.5 Å². The number of aromatic nitrogens is 1. The van der Waals surface area contributed by atoms with Crippen LogP contribution in [0, 0.1) is 15.9 Å². The summed E-state index contributed by atoms with van der Waals surface area (Å²) in [6, 6.07) is 6.01. The average Bonchev–Trinajstić information content (AvgIpc) is 2.38. The highest BCUT2D eigenvalue weighted by molar-refractivity contribution is 5.48. The van der Waals surface area contributed by atoms with E-state index in [1.807, 2.05) is 0 Å². The minimum atomic E-state index is -0.649. The molecule has 0 bridgehead atoms. The van der Waals surface area contributed by atoms with E-state index in [4.69, 9.17) is 10.5 Å². The SMILES string of the molecule is CC(N)c1ccnc(Oc2cc(F)ccc2[N+](=O)[O-])c1. The second kappa shape index (κ2) is 5.62. The highest BCUT2D eigenvalue weighted by Gasteiger charge is 2.17. The van der Waals surface area contributed by atoms with Gasteiger partial charge >= 0.3 is 5.69 Å². The zero-order valence-electron chi connectivity index (χ0n) is 10.6. The second-order valence-corrected chi connectivity index (χ2v) is 4.19. The Morgan fingerprint density at radius 2 is 2.15 bits per heavy atom. The Morgan fingerprint density at radius 3 is 2.80 bits per heavy atom. The first-order chi connectivity index (χ1) is 9.47. The van der Waals surface area contributed by atoms with Crippen LogP contribution in [0.2, 0.25) is 0 Å². The van der Waals surface area contributed by atoms with E-state index < -0.39 is 10.7 Å². The number of rotatable bonds is 4. The lowest BCUT2D eigenvalue weighted by molar-refractivity contribution is -0.385. The second-order valence-electron chi connectivity index (χ2n) is 4.19. The molecule has 0 aliphatic rings. The van der Waals surface area contributed by atoms with Crippen LogP contribution in [0.1, 0.15) is 18.5 Å². The van der Waals surface area contributed by atoms with Gasteiger partial charge < -0.3 is 10.5 Å². The van der Waals surface area contributed by atoms with Crippen LogP contribution < -0.4 is 10.5 Å². The van der Waals surface area contributed by atoms with Crippen molar-refractivity contribution in [2.75, 3.05) is 0 Å². The smallest absolute Gasteiger partial charge is 0.311 e. The molecule has 0 saturated carbocycles. The average molecular weight is 277 g/mol. The van der Waals surface area contributed by atoms with Crippen LogP contribution in [0.5, 0.6) is 11.6 Å². The molecular formula is C13H12FN3O3. The molecule has 0 aliphatic heterocycles. The summed E-state index contributed by atoms with van der Waals surface area (Å²) < 4.78 is 18.5. The van der Waals surface area contributed by atoms with Gasteiger partial charge in [-0.1, -0.05) is 0 Å². The maximum Gasteiger partial charge on any atom is 0.311 e. The normalized spacial score (nSPS) is 11.9. The summed E-state index contributed by atoms with van der Waals surface area (Å²) in [6.07, 6.45) is 1.47. The number of nitrogens with two attached hydrogens (primary N) is 1. The summed E-state index contributed by atoms with van der Waals surface area (Å²) in [5, 5.41) is 10.9. The molecule has 1 heterocycles. The summed E-state index contributed by atoms with van der Waals surface area (Å²) in [4.78, 5) is 14.1. The zero-order valence-corrected chi connectivity index (χ0v) is 10.6. The van der Waals surface area contributed by atoms with Crippen LogP contribution in [-0.4, -0.2) is 9.91 Å². The van der Waals surface area contributed by atoms with Gasteiger partial charge in [0.2, 0.25) is 11.6 Å². The predicted octanol–water partition coefficient (Wildman–Crippen LogP) is 2.94. The molecule has 1 atom stereocenters. The van der Waals surface area contributed by atoms with E-state index in [-0.39, 0.29) is 23.4 Å². The largest absolute Gasteiger partial charge is 0.432 e. The van der Waals surface area contributed by atoms with Crippen molar-refractivity contribution < 1.29 is 14.1 Å². The molecule has 6 nitrogen and oxygen atoms in total. The molecule has 1 aromatic heterocycles. The molecule has 2 rings (SSSR count). The first kappa shape index (κ1) is 13.9. The highest BCUT2D eigenvalue weighted by atomic mass is 19.1. The van der Waals surface area contributed by atoms with Crippen molar-refractivity contribution in [2.24, 2.45) is 5.73 Å². The summed E-state index contributed by atoms with van der Waals surface area (Å²) >= 11 is 0. The molecule has 7 heteroatoms. The summed E-state index contributed by atoms with van der Waals surface area (Å²) in [5.41, 5.74) is 6.15. The lowest BCUT2D eigenvalue weighted by Crippen LogP contribution is -2.05. The number of nitrogens with zero attached hydrogens (tertiary/aromatic N) is 2. The van der Waals surface area contributed by atoms with Crippen LogP contribution in [0.25, 0.3) is 0 Å². The van der Waals surface area contributed by atoms with Gasteiger partial charge in [-0.25, -0.2) is 9.37 Å². The predicted molar refractivity (Wildman–Crippen MR) is 70.0 cm³/mol. The molecule has 0 saturated heterocycles. The molecule has 0 aliphatic carbocycles. The molecule has 2 N–H and O–H groups in total. The van der Waals surface area contributed by atoms with Gasteiger partial charge in [-0.2, -0.15) is 0 Å². The summed E-state index contributed by atoms with van der Waals surface area (Å²) in [6.45, 7) is 1.78. The molecule has 104 valence electrons. The minimum absolute atomic E-state index is 0.119. The van der Waals surface area contributed by atoms with Gasteiger partial charge in [-0.15, -0.1) is 0 Å². The Hall–Kier alpha value is -2.54. The third-order valence-electron chi connectivity index (χ3n) is 2.62. The topological polar surface area (TPSA) is 91.3 Å². The number of ether oxygens (including phenoxy) is 1. The summed E-state index contributed by atoms with van der Waals surface area (Å²) in [7, 11) is 0. The fourth-order valence-electron chi connectivity index (χ4n) is 1.60. The summed E-state index contributed by atoms with van der Waals surface area (Å²) in [5.74, 6) is -0.716. The molecule has 0 spiro atoms. The third-order valence-corrected chi connectivity index (χ3v) is 2.62. The van der Waals surface area contributed by atoms with E-state index in [9.17, 15) is 14.5 Å². The van der Waals surface area contributed by atoms with Crippen LogP contribution >= 0.6 is 0 Å². The molecular weight excluding hydrogens is 265 g/mol. The first-order valence-electron chi connectivity index (χ1n) is 5.80. The highest BCUT2D eigenvalue weighted by Crippen LogP contribution is 2.31. The van der Waals surface area contributed by atoms with Gasteiger partial charge in [0.15, 0.2) is 0 Å². The van der Waals surface area contributed by atoms with Crippen molar-refractivity contribution in [1.29, 1.82) is 0 Å². The molecule has 0 amide bonds. The standard InChI is InChI=1S/C13H12FN3O3/c1-8(15)9-4-5-16-13(6-9)20-12-7-10(14)2-3-11(12)17(18)19/h2-8H,15H2,1H3. The van der Waals surface area contributed by atoms with Crippen molar-refractivity contribution in [3.63, 3.8) is 0 Å². The maximum absolute atomic E-state index is 13.2. The van der Waals surface area contributed by atoms with Crippen LogP contribution in [-0.2, 0) is 0 Å². The quantitative estimate of drug-likeness (QED) is 0.685. The lowest BCUT2D eigenvalue weighted by atomic mass is 10.1. The van der Waals surface area contributed by atoms with Crippen molar-refractivity contribution in [3.05, 3.63) is 58.0 Å². The Bertz CT molecular complexity index is 647. The number of pyridine rings is 1. The molecule has 1 aromatic carbocycles. The van der Waals surface area contributed by atoms with Crippen molar-refractivity contribution in [1.82, 2.24) is 4.98 Å². The van der Waals surface area contributed by atoms with Gasteiger partial charge in [0, 0.05) is 30.4 Å². The van der Waals surface area contributed by atoms with E-state index in [2.05, 4.69) is 4.98 Å². The maximum atomic E-state index is 13.2. The number of hydrogen-bond acceptors (Lipinski definition) is 5. The number of nitro benzene ring substituents is 1. The Balaban J connectivity index is 2.36. The van der Waals surface area contributed by atoms with Gasteiger partial charge in [-0.05, 0) is 24.6 Å². The monoisotopic (exact) mass is 277 g/mol. The Labute approximate surface area is 114 Å². The molecule has 1 unspecified atom stereocenters. The van der Waals surface area contributed by atoms with Crippen molar-refractivity contribution >= 4 is 5.69 Å². The van der Waals surface area contributed by atoms with Gasteiger partial charge in [0.1, 0.15) is 5.82 Å². The fourth-order valence-corrected chi connectivity index (χ4v) is 1.60. The number of hydrogen-bond donors (Lipinski definition) is 1. The Kier molecular flexibility index (Phi) is 3.90. The molecule has 20 heavy (non-hydrogen) atoms. The number of halogens is 1. The van der Waals surface area contributed by atoms with Crippen molar-refractivity contribution in [2.45, 2.75) is 13.0 Å². The van der Waals surface area contributed by atoms with Gasteiger partial charge in [-0.3, -0.25) is 10.1 Å². The third kappa shape index (κ3) is 3.07. The number of benzene rings is 1. The van der Waals surface area contributed by atoms with E-state index in [0.717, 1.165) is 23.8 Å². The van der Waals surface area contributed by atoms with E-state index in [0.29, 0.717) is 0 Å². The zero-order chi connectivity index (χ0) is 14.7. The van der Waals surface area contributed by atoms with E-state index in [1.54, 1.807) is 19.1 Å². The Morgan fingerprint density at radius 1 is 1.40 bits per heavy atom. The molecule has 0 radical (unpaired) electrons. The van der Waals surface area contributed by atoms with Crippen LogP contribution in [0.3, 0.4) is 0 Å². The van der Waals surface area contributed by atoms with E-state index in [1.165, 1.54) is 6.20 Å². The minimum Gasteiger partial charge on any atom is -0.432 e. The van der Waals surface area contributed by atoms with Gasteiger partial charge in [0.05, 0.1) is 4.92 Å². The lowest BCUT2D eigenvalue weighted by Gasteiger charge is -2.09.